The zero-order valence-corrected chi connectivity index (χ0v) is 11.0. The first-order valence-corrected chi connectivity index (χ1v) is 5.67. The molecule has 1 rings (SSSR count). The van der Waals surface area contributed by atoms with Gasteiger partial charge in [0.05, 0.1) is 7.11 Å². The fourth-order valence-electron chi connectivity index (χ4n) is 1.69. The maximum atomic E-state index is 6.14. The van der Waals surface area contributed by atoms with Crippen molar-refractivity contribution in [2.24, 2.45) is 0 Å². The molecule has 4 heteroatoms. The molecule has 1 unspecified atom stereocenters. The van der Waals surface area contributed by atoms with Crippen LogP contribution >= 0.6 is 11.6 Å². The lowest BCUT2D eigenvalue weighted by molar-refractivity contribution is 0.400. The molecular formula is C12H19ClN2O. The van der Waals surface area contributed by atoms with Crippen molar-refractivity contribution < 1.29 is 4.74 Å². The Balaban J connectivity index is 3.13. The molecule has 1 aromatic carbocycles. The van der Waals surface area contributed by atoms with Gasteiger partial charge in [-0.1, -0.05) is 11.6 Å². The zero-order valence-electron chi connectivity index (χ0n) is 10.2. The number of methoxy groups -OCH3 is 1. The van der Waals surface area contributed by atoms with Crippen LogP contribution in [-0.4, -0.2) is 27.7 Å². The van der Waals surface area contributed by atoms with Crippen LogP contribution in [0.1, 0.15) is 17.2 Å². The van der Waals surface area contributed by atoms with E-state index < -0.39 is 0 Å². The van der Waals surface area contributed by atoms with Crippen LogP contribution in [0.5, 0.6) is 5.75 Å². The molecule has 0 heterocycles. The number of rotatable bonds is 5. The minimum Gasteiger partial charge on any atom is -0.496 e. The highest BCUT2D eigenvalue weighted by molar-refractivity contribution is 6.31. The molecule has 0 bridgehead atoms. The molecule has 0 amide bonds. The van der Waals surface area contributed by atoms with Gasteiger partial charge in [0.15, 0.2) is 0 Å². The van der Waals surface area contributed by atoms with Crippen molar-refractivity contribution >= 4 is 11.6 Å². The van der Waals surface area contributed by atoms with Crippen LogP contribution in [-0.2, 0) is 0 Å². The third kappa shape index (κ3) is 2.88. The molecule has 0 aromatic heterocycles. The molecule has 1 aromatic rings. The Morgan fingerprint density at radius 1 is 1.38 bits per heavy atom. The van der Waals surface area contributed by atoms with E-state index in [-0.39, 0.29) is 6.04 Å². The number of aryl methyl sites for hydroxylation is 1. The van der Waals surface area contributed by atoms with Crippen LogP contribution in [0.3, 0.4) is 0 Å². The molecule has 3 nitrogen and oxygen atoms in total. The van der Waals surface area contributed by atoms with Gasteiger partial charge in [-0.25, -0.2) is 0 Å². The molecule has 90 valence electrons. The van der Waals surface area contributed by atoms with Gasteiger partial charge in [-0.3, -0.25) is 0 Å². The van der Waals surface area contributed by atoms with Crippen LogP contribution in [0.25, 0.3) is 0 Å². The first-order chi connectivity index (χ1) is 7.63. The summed E-state index contributed by atoms with van der Waals surface area (Å²) in [7, 11) is 5.53. The van der Waals surface area contributed by atoms with Crippen molar-refractivity contribution in [3.8, 4) is 5.75 Å². The van der Waals surface area contributed by atoms with E-state index >= 15 is 0 Å². The lowest BCUT2D eigenvalue weighted by Crippen LogP contribution is -2.27. The Hall–Kier alpha value is -0.770. The summed E-state index contributed by atoms with van der Waals surface area (Å²) in [6.07, 6.45) is 0. The second-order valence-electron chi connectivity index (χ2n) is 3.74. The smallest absolute Gasteiger partial charge is 0.124 e. The standard InChI is InChI=1S/C12H19ClN2O/c1-8-5-12(16-4)9(6-10(8)13)11(15-3)7-14-2/h5-6,11,14-15H,7H2,1-4H3. The quantitative estimate of drug-likeness (QED) is 0.830. The molecule has 0 aliphatic carbocycles. The molecule has 0 spiro atoms. The second kappa shape index (κ2) is 6.09. The van der Waals surface area contributed by atoms with E-state index in [9.17, 15) is 0 Å². The molecule has 0 radical (unpaired) electrons. The van der Waals surface area contributed by atoms with Gasteiger partial charge >= 0.3 is 0 Å². The zero-order chi connectivity index (χ0) is 12.1. The molecule has 0 saturated carbocycles. The normalized spacial score (nSPS) is 12.6. The number of halogens is 1. The largest absolute Gasteiger partial charge is 0.496 e. The molecule has 0 fully saturated rings. The number of benzene rings is 1. The number of hydrogen-bond donors (Lipinski definition) is 2. The third-order valence-electron chi connectivity index (χ3n) is 2.64. The Morgan fingerprint density at radius 3 is 2.56 bits per heavy atom. The van der Waals surface area contributed by atoms with E-state index in [1.807, 2.05) is 33.2 Å². The highest BCUT2D eigenvalue weighted by Crippen LogP contribution is 2.30. The van der Waals surface area contributed by atoms with Gasteiger partial charge in [0, 0.05) is 23.2 Å². The Labute approximate surface area is 102 Å². The van der Waals surface area contributed by atoms with Gasteiger partial charge in [-0.05, 0) is 38.7 Å². The predicted molar refractivity (Wildman–Crippen MR) is 68.5 cm³/mol. The number of nitrogens with one attached hydrogen (secondary N) is 2. The number of ether oxygens (including phenoxy) is 1. The average Bonchev–Trinajstić information content (AvgIpc) is 2.29. The lowest BCUT2D eigenvalue weighted by atomic mass is 10.0. The van der Waals surface area contributed by atoms with Crippen molar-refractivity contribution in [3.63, 3.8) is 0 Å². The van der Waals surface area contributed by atoms with Crippen LogP contribution in [0.2, 0.25) is 5.02 Å². The van der Waals surface area contributed by atoms with Gasteiger partial charge in [-0.15, -0.1) is 0 Å². The summed E-state index contributed by atoms with van der Waals surface area (Å²) in [5.41, 5.74) is 2.11. The molecule has 2 N–H and O–H groups in total. The van der Waals surface area contributed by atoms with E-state index in [0.29, 0.717) is 0 Å². The summed E-state index contributed by atoms with van der Waals surface area (Å²) in [5.74, 6) is 0.872. The van der Waals surface area contributed by atoms with Crippen molar-refractivity contribution in [2.45, 2.75) is 13.0 Å². The molecule has 0 saturated heterocycles. The SMILES string of the molecule is CNCC(NC)c1cc(Cl)c(C)cc1OC. The monoisotopic (exact) mass is 242 g/mol. The summed E-state index contributed by atoms with van der Waals surface area (Å²) < 4.78 is 5.38. The summed E-state index contributed by atoms with van der Waals surface area (Å²) >= 11 is 6.14. The van der Waals surface area contributed by atoms with E-state index in [1.165, 1.54) is 0 Å². The summed E-state index contributed by atoms with van der Waals surface area (Å²) in [4.78, 5) is 0. The molecule has 0 aliphatic rings. The Morgan fingerprint density at radius 2 is 2.06 bits per heavy atom. The van der Waals surface area contributed by atoms with E-state index in [0.717, 1.165) is 28.4 Å². The predicted octanol–water partition coefficient (Wildman–Crippen LogP) is 2.14. The van der Waals surface area contributed by atoms with Crippen molar-refractivity contribution in [1.82, 2.24) is 10.6 Å². The maximum absolute atomic E-state index is 6.14. The van der Waals surface area contributed by atoms with Gasteiger partial charge in [0.25, 0.3) is 0 Å². The Bertz CT molecular complexity index is 355. The van der Waals surface area contributed by atoms with Crippen LogP contribution in [0.4, 0.5) is 0 Å². The topological polar surface area (TPSA) is 33.3 Å². The minimum atomic E-state index is 0.193. The molecule has 16 heavy (non-hydrogen) atoms. The van der Waals surface area contributed by atoms with E-state index in [1.54, 1.807) is 7.11 Å². The first-order valence-electron chi connectivity index (χ1n) is 5.30. The maximum Gasteiger partial charge on any atom is 0.124 e. The van der Waals surface area contributed by atoms with Crippen LogP contribution in [0, 0.1) is 6.92 Å². The third-order valence-corrected chi connectivity index (χ3v) is 3.05. The van der Waals surface area contributed by atoms with E-state index in [2.05, 4.69) is 10.6 Å². The lowest BCUT2D eigenvalue weighted by Gasteiger charge is -2.20. The van der Waals surface area contributed by atoms with Gasteiger partial charge in [0.2, 0.25) is 0 Å². The van der Waals surface area contributed by atoms with Crippen molar-refractivity contribution in [1.29, 1.82) is 0 Å². The van der Waals surface area contributed by atoms with Crippen LogP contribution in [0.15, 0.2) is 12.1 Å². The van der Waals surface area contributed by atoms with Crippen LogP contribution < -0.4 is 15.4 Å². The Kier molecular flexibility index (Phi) is 5.06. The summed E-state index contributed by atoms with van der Waals surface area (Å²) in [6, 6.07) is 4.13. The van der Waals surface area contributed by atoms with E-state index in [4.69, 9.17) is 16.3 Å². The second-order valence-corrected chi connectivity index (χ2v) is 4.15. The first kappa shape index (κ1) is 13.3. The fourth-order valence-corrected chi connectivity index (χ4v) is 1.86. The number of hydrogen-bond acceptors (Lipinski definition) is 3. The van der Waals surface area contributed by atoms with Gasteiger partial charge in [-0.2, -0.15) is 0 Å². The van der Waals surface area contributed by atoms with Crippen molar-refractivity contribution in [3.05, 3.63) is 28.3 Å². The van der Waals surface area contributed by atoms with Gasteiger partial charge in [0.1, 0.15) is 5.75 Å². The fraction of sp³-hybridized carbons (Fsp3) is 0.500. The van der Waals surface area contributed by atoms with Crippen molar-refractivity contribution in [2.75, 3.05) is 27.7 Å². The number of likely N-dealkylation sites (N-methyl/N-ethyl adjacent to an activating group) is 2. The highest BCUT2D eigenvalue weighted by atomic mass is 35.5. The highest BCUT2D eigenvalue weighted by Gasteiger charge is 2.15. The summed E-state index contributed by atoms with van der Waals surface area (Å²) in [6.45, 7) is 2.80. The molecular weight excluding hydrogens is 224 g/mol. The van der Waals surface area contributed by atoms with Gasteiger partial charge < -0.3 is 15.4 Å². The average molecular weight is 243 g/mol. The molecule has 1 atom stereocenters. The summed E-state index contributed by atoms with van der Waals surface area (Å²) in [5, 5.41) is 7.15. The minimum absolute atomic E-state index is 0.193. The molecule has 0 aliphatic heterocycles.